The second-order valence-electron chi connectivity index (χ2n) is 10.6. The van der Waals surface area contributed by atoms with Crippen LogP contribution in [-0.4, -0.2) is 54.8 Å². The topological polar surface area (TPSA) is 74.0 Å². The number of esters is 1. The molecular weight excluding hydrogens is 504 g/mol. The van der Waals surface area contributed by atoms with Gasteiger partial charge in [0.2, 0.25) is 5.89 Å². The lowest BCUT2D eigenvalue weighted by Gasteiger charge is -2.27. The maximum atomic E-state index is 12.6. The highest BCUT2D eigenvalue weighted by Gasteiger charge is 2.33. The third-order valence-corrected chi connectivity index (χ3v) is 6.36. The minimum atomic E-state index is -1.12. The van der Waals surface area contributed by atoms with Gasteiger partial charge in [0.25, 0.3) is 0 Å². The zero-order chi connectivity index (χ0) is 28.7. The van der Waals surface area contributed by atoms with Crippen LogP contribution in [0.1, 0.15) is 32.2 Å². The number of oxazole rings is 1. The summed E-state index contributed by atoms with van der Waals surface area (Å²) in [6.45, 7) is 8.28. The number of aryl methyl sites for hydroxylation is 1. The van der Waals surface area contributed by atoms with E-state index in [0.29, 0.717) is 37.0 Å². The lowest BCUT2D eigenvalue weighted by atomic mass is 10.0. The fourth-order valence-corrected chi connectivity index (χ4v) is 4.30. The fraction of sp³-hybridized carbons (Fsp3) is 0.333. The van der Waals surface area contributed by atoms with Gasteiger partial charge in [0.15, 0.2) is 5.60 Å². The number of nitrogens with zero attached hydrogens (tertiary/aromatic N) is 2. The summed E-state index contributed by atoms with van der Waals surface area (Å²) in [6.07, 6.45) is 0.380. The molecule has 1 unspecified atom stereocenters. The normalized spacial score (nSPS) is 12.3. The van der Waals surface area contributed by atoms with E-state index in [0.717, 1.165) is 22.6 Å². The van der Waals surface area contributed by atoms with Gasteiger partial charge in [0.1, 0.15) is 23.4 Å². The maximum absolute atomic E-state index is 12.6. The standard InChI is InChI=1S/C33H38N2O5/c1-23(22-35(5)6)38-32(36)33(3,4)40-29-18-16-28(17-19-29)37-21-20-30-24(2)39-31(34-30)27-14-12-26(13-15-27)25-10-8-7-9-11-25/h7-19,23H,20-22H2,1-6H3. The number of carbonyl (C=O) groups is 1. The molecule has 40 heavy (non-hydrogen) atoms. The molecule has 0 bridgehead atoms. The van der Waals surface area contributed by atoms with E-state index in [9.17, 15) is 4.79 Å². The maximum Gasteiger partial charge on any atom is 0.350 e. The Bertz CT molecular complexity index is 1380. The van der Waals surface area contributed by atoms with Crippen LogP contribution in [-0.2, 0) is 16.0 Å². The van der Waals surface area contributed by atoms with Crippen LogP contribution in [0.3, 0.4) is 0 Å². The van der Waals surface area contributed by atoms with Crippen molar-refractivity contribution >= 4 is 5.97 Å². The van der Waals surface area contributed by atoms with Crippen LogP contribution < -0.4 is 9.47 Å². The number of carbonyl (C=O) groups excluding carboxylic acids is 1. The van der Waals surface area contributed by atoms with Crippen molar-refractivity contribution in [1.82, 2.24) is 9.88 Å². The van der Waals surface area contributed by atoms with Crippen LogP contribution in [0.2, 0.25) is 0 Å². The van der Waals surface area contributed by atoms with Gasteiger partial charge < -0.3 is 23.5 Å². The molecule has 210 valence electrons. The zero-order valence-electron chi connectivity index (χ0n) is 24.1. The number of hydrogen-bond donors (Lipinski definition) is 0. The Hall–Kier alpha value is -4.10. The fourth-order valence-electron chi connectivity index (χ4n) is 4.30. The summed E-state index contributed by atoms with van der Waals surface area (Å²) in [4.78, 5) is 19.3. The average Bonchev–Trinajstić information content (AvgIpc) is 3.29. The molecule has 1 heterocycles. The van der Waals surface area contributed by atoms with E-state index in [1.165, 1.54) is 5.56 Å². The first kappa shape index (κ1) is 28.9. The van der Waals surface area contributed by atoms with Crippen LogP contribution in [0.4, 0.5) is 0 Å². The third kappa shape index (κ3) is 7.73. The van der Waals surface area contributed by atoms with Gasteiger partial charge in [-0.3, -0.25) is 0 Å². The Balaban J connectivity index is 1.28. The number of likely N-dealkylation sites (N-methyl/N-ethyl adjacent to an activating group) is 1. The van der Waals surface area contributed by atoms with Gasteiger partial charge in [-0.25, -0.2) is 9.78 Å². The van der Waals surface area contributed by atoms with E-state index in [-0.39, 0.29) is 6.10 Å². The van der Waals surface area contributed by atoms with E-state index < -0.39 is 11.6 Å². The number of ether oxygens (including phenoxy) is 3. The van der Waals surface area contributed by atoms with E-state index in [4.69, 9.17) is 23.6 Å². The molecule has 3 aromatic carbocycles. The Morgan fingerprint density at radius 2 is 1.50 bits per heavy atom. The van der Waals surface area contributed by atoms with Gasteiger partial charge >= 0.3 is 5.97 Å². The zero-order valence-corrected chi connectivity index (χ0v) is 24.1. The van der Waals surface area contributed by atoms with Gasteiger partial charge in [-0.05, 0) is 89.3 Å². The minimum Gasteiger partial charge on any atom is -0.493 e. The van der Waals surface area contributed by atoms with Gasteiger partial charge in [0, 0.05) is 18.5 Å². The predicted molar refractivity (Wildman–Crippen MR) is 157 cm³/mol. The Kier molecular flexibility index (Phi) is 9.27. The summed E-state index contributed by atoms with van der Waals surface area (Å²) in [5.74, 6) is 2.24. The highest BCUT2D eigenvalue weighted by Crippen LogP contribution is 2.27. The molecule has 0 saturated carbocycles. The minimum absolute atomic E-state index is 0.231. The van der Waals surface area contributed by atoms with Crippen molar-refractivity contribution < 1.29 is 23.4 Å². The largest absolute Gasteiger partial charge is 0.493 e. The Morgan fingerprint density at radius 3 is 2.15 bits per heavy atom. The summed E-state index contributed by atoms with van der Waals surface area (Å²) in [7, 11) is 3.87. The Morgan fingerprint density at radius 1 is 0.900 bits per heavy atom. The molecule has 7 nitrogen and oxygen atoms in total. The predicted octanol–water partition coefficient (Wildman–Crippen LogP) is 6.59. The lowest BCUT2D eigenvalue weighted by molar-refractivity contribution is -0.164. The van der Waals surface area contributed by atoms with Crippen LogP contribution in [0.15, 0.2) is 83.3 Å². The smallest absolute Gasteiger partial charge is 0.350 e. The summed E-state index contributed by atoms with van der Waals surface area (Å²) in [6, 6.07) is 25.7. The van der Waals surface area contributed by atoms with Crippen molar-refractivity contribution in [3.05, 3.63) is 90.3 Å². The molecule has 0 aliphatic heterocycles. The number of aromatic nitrogens is 1. The van der Waals surface area contributed by atoms with Gasteiger partial charge in [-0.15, -0.1) is 0 Å². The molecule has 4 rings (SSSR count). The molecule has 7 heteroatoms. The van der Waals surface area contributed by atoms with Crippen molar-refractivity contribution in [2.75, 3.05) is 27.2 Å². The van der Waals surface area contributed by atoms with Crippen molar-refractivity contribution in [1.29, 1.82) is 0 Å². The molecule has 0 amide bonds. The molecule has 0 spiro atoms. The highest BCUT2D eigenvalue weighted by atomic mass is 16.6. The number of rotatable bonds is 12. The summed E-state index contributed by atoms with van der Waals surface area (Å²) < 4.78 is 23.3. The van der Waals surface area contributed by atoms with Gasteiger partial charge in [-0.2, -0.15) is 0 Å². The molecule has 1 aromatic heterocycles. The van der Waals surface area contributed by atoms with Gasteiger partial charge in [0.05, 0.1) is 12.3 Å². The monoisotopic (exact) mass is 542 g/mol. The Labute approximate surface area is 236 Å². The van der Waals surface area contributed by atoms with E-state index in [1.54, 1.807) is 26.0 Å². The van der Waals surface area contributed by atoms with Crippen LogP contribution in [0.25, 0.3) is 22.6 Å². The highest BCUT2D eigenvalue weighted by molar-refractivity contribution is 5.79. The SMILES string of the molecule is Cc1oc(-c2ccc(-c3ccccc3)cc2)nc1CCOc1ccc(OC(C)(C)C(=O)OC(C)CN(C)C)cc1. The molecule has 1 atom stereocenters. The molecule has 4 aromatic rings. The van der Waals surface area contributed by atoms with Crippen LogP contribution in [0.5, 0.6) is 11.5 Å². The van der Waals surface area contributed by atoms with E-state index in [1.807, 2.05) is 75.3 Å². The number of benzene rings is 3. The molecular formula is C33H38N2O5. The van der Waals surface area contributed by atoms with Crippen molar-refractivity contribution in [3.8, 4) is 34.1 Å². The van der Waals surface area contributed by atoms with Crippen LogP contribution in [0, 0.1) is 6.92 Å². The first-order valence-corrected chi connectivity index (χ1v) is 13.5. The summed E-state index contributed by atoms with van der Waals surface area (Å²) >= 11 is 0. The quantitative estimate of drug-likeness (QED) is 0.187. The van der Waals surface area contributed by atoms with Crippen molar-refractivity contribution in [2.24, 2.45) is 0 Å². The molecule has 0 fully saturated rings. The second kappa shape index (κ2) is 12.8. The first-order chi connectivity index (χ1) is 19.1. The van der Waals surface area contributed by atoms with Crippen molar-refractivity contribution in [2.45, 2.75) is 45.8 Å². The van der Waals surface area contributed by atoms with Crippen molar-refractivity contribution in [3.63, 3.8) is 0 Å². The molecule has 0 radical (unpaired) electrons. The summed E-state index contributed by atoms with van der Waals surface area (Å²) in [5, 5.41) is 0. The third-order valence-electron chi connectivity index (χ3n) is 6.36. The summed E-state index contributed by atoms with van der Waals surface area (Å²) in [5.41, 5.74) is 3.00. The van der Waals surface area contributed by atoms with E-state index in [2.05, 4.69) is 24.3 Å². The average molecular weight is 543 g/mol. The lowest BCUT2D eigenvalue weighted by Crippen LogP contribution is -2.42. The second-order valence-corrected chi connectivity index (χ2v) is 10.6. The molecule has 0 saturated heterocycles. The van der Waals surface area contributed by atoms with Gasteiger partial charge in [-0.1, -0.05) is 42.5 Å². The molecule has 0 aliphatic rings. The number of hydrogen-bond acceptors (Lipinski definition) is 7. The van der Waals surface area contributed by atoms with Crippen LogP contribution >= 0.6 is 0 Å². The first-order valence-electron chi connectivity index (χ1n) is 13.5. The van der Waals surface area contributed by atoms with E-state index >= 15 is 0 Å². The molecule has 0 aliphatic carbocycles. The molecule has 0 N–H and O–H groups in total.